The minimum Gasteiger partial charge on any atom is -0.481 e. The van der Waals surface area contributed by atoms with Gasteiger partial charge in [0.25, 0.3) is 0 Å². The number of aromatic nitrogens is 2. The van der Waals surface area contributed by atoms with Crippen molar-refractivity contribution < 1.29 is 9.84 Å². The molecule has 0 bridgehead atoms. The van der Waals surface area contributed by atoms with Crippen LogP contribution in [-0.4, -0.2) is 34.6 Å². The first-order valence-corrected chi connectivity index (χ1v) is 7.08. The van der Waals surface area contributed by atoms with Crippen LogP contribution in [0.15, 0.2) is 0 Å². The average molecular weight is 267 g/mol. The molecule has 108 valence electrons. The number of aliphatic hydroxyl groups excluding tert-OH is 1. The van der Waals surface area contributed by atoms with Gasteiger partial charge in [-0.05, 0) is 25.7 Å². The third-order valence-electron chi connectivity index (χ3n) is 4.17. The van der Waals surface area contributed by atoms with E-state index in [2.05, 4.69) is 10.4 Å². The van der Waals surface area contributed by atoms with Crippen LogP contribution in [0.5, 0.6) is 5.88 Å². The highest BCUT2D eigenvalue weighted by molar-refractivity contribution is 5.30. The third-order valence-corrected chi connectivity index (χ3v) is 4.17. The second kappa shape index (κ2) is 6.39. The molecule has 0 radical (unpaired) electrons. The van der Waals surface area contributed by atoms with Gasteiger partial charge in [0.2, 0.25) is 5.88 Å². The molecule has 2 unspecified atom stereocenters. The molecule has 0 spiro atoms. The first kappa shape index (κ1) is 14.3. The van der Waals surface area contributed by atoms with Gasteiger partial charge in [0.15, 0.2) is 0 Å². The summed E-state index contributed by atoms with van der Waals surface area (Å²) < 4.78 is 7.18. The summed E-state index contributed by atoms with van der Waals surface area (Å²) in [5.41, 5.74) is 2.12. The van der Waals surface area contributed by atoms with Crippen LogP contribution >= 0.6 is 0 Å². The van der Waals surface area contributed by atoms with Crippen molar-refractivity contribution in [1.82, 2.24) is 15.1 Å². The standard InChI is InChI=1S/C14H25N3O2/c1-10-12(14(19-3)17(2)16-10)8-15-13-7-5-4-6-11(13)9-18/h11,13,15,18H,4-9H2,1-3H3. The molecule has 5 nitrogen and oxygen atoms in total. The maximum atomic E-state index is 9.44. The van der Waals surface area contributed by atoms with E-state index in [-0.39, 0.29) is 6.61 Å². The first-order valence-electron chi connectivity index (χ1n) is 7.08. The molecule has 2 atom stereocenters. The van der Waals surface area contributed by atoms with Crippen LogP contribution in [-0.2, 0) is 13.6 Å². The summed E-state index contributed by atoms with van der Waals surface area (Å²) in [4.78, 5) is 0. The normalized spacial score (nSPS) is 23.6. The van der Waals surface area contributed by atoms with Crippen LogP contribution in [0.3, 0.4) is 0 Å². The second-order valence-corrected chi connectivity index (χ2v) is 5.41. The molecule has 19 heavy (non-hydrogen) atoms. The molecule has 2 rings (SSSR count). The Hall–Kier alpha value is -1.07. The molecule has 0 amide bonds. The van der Waals surface area contributed by atoms with Crippen molar-refractivity contribution in [2.75, 3.05) is 13.7 Å². The van der Waals surface area contributed by atoms with Crippen molar-refractivity contribution in [2.24, 2.45) is 13.0 Å². The Morgan fingerprint density at radius 2 is 2.16 bits per heavy atom. The molecule has 0 aliphatic heterocycles. The number of nitrogens with zero attached hydrogens (tertiary/aromatic N) is 2. The molecule has 1 aliphatic rings. The van der Waals surface area contributed by atoms with E-state index in [1.54, 1.807) is 11.8 Å². The summed E-state index contributed by atoms with van der Waals surface area (Å²) >= 11 is 0. The highest BCUT2D eigenvalue weighted by atomic mass is 16.5. The zero-order valence-corrected chi connectivity index (χ0v) is 12.1. The Morgan fingerprint density at radius 3 is 2.84 bits per heavy atom. The van der Waals surface area contributed by atoms with Crippen molar-refractivity contribution in [3.05, 3.63) is 11.3 Å². The van der Waals surface area contributed by atoms with Crippen molar-refractivity contribution in [1.29, 1.82) is 0 Å². The van der Waals surface area contributed by atoms with Crippen molar-refractivity contribution in [2.45, 2.75) is 45.2 Å². The van der Waals surface area contributed by atoms with E-state index in [1.807, 2.05) is 14.0 Å². The fourth-order valence-electron chi connectivity index (χ4n) is 3.07. The van der Waals surface area contributed by atoms with E-state index < -0.39 is 0 Å². The third kappa shape index (κ3) is 3.09. The molecule has 2 N–H and O–H groups in total. The number of nitrogens with one attached hydrogen (secondary N) is 1. The zero-order chi connectivity index (χ0) is 13.8. The van der Waals surface area contributed by atoms with Gasteiger partial charge in [-0.1, -0.05) is 12.8 Å². The van der Waals surface area contributed by atoms with Gasteiger partial charge in [0, 0.05) is 26.2 Å². The van der Waals surface area contributed by atoms with E-state index in [9.17, 15) is 5.11 Å². The van der Waals surface area contributed by atoms with E-state index in [4.69, 9.17) is 4.74 Å². The first-order chi connectivity index (χ1) is 9.17. The molecule has 1 aromatic heterocycles. The maximum Gasteiger partial charge on any atom is 0.216 e. The lowest BCUT2D eigenvalue weighted by Gasteiger charge is -2.31. The summed E-state index contributed by atoms with van der Waals surface area (Å²) in [5, 5.41) is 17.4. The van der Waals surface area contributed by atoms with E-state index in [1.165, 1.54) is 12.8 Å². The Bertz CT molecular complexity index is 417. The van der Waals surface area contributed by atoms with E-state index in [0.717, 1.165) is 36.5 Å². The molecule has 1 aliphatic carbocycles. The number of hydrogen-bond acceptors (Lipinski definition) is 4. The van der Waals surface area contributed by atoms with Gasteiger partial charge < -0.3 is 15.2 Å². The predicted molar refractivity (Wildman–Crippen MR) is 74.2 cm³/mol. The van der Waals surface area contributed by atoms with Gasteiger partial charge in [0.05, 0.1) is 18.4 Å². The number of methoxy groups -OCH3 is 1. The Kier molecular flexibility index (Phi) is 4.82. The molecular formula is C14H25N3O2. The van der Waals surface area contributed by atoms with Gasteiger partial charge in [-0.15, -0.1) is 0 Å². The number of ether oxygens (including phenoxy) is 1. The van der Waals surface area contributed by atoms with Crippen LogP contribution in [0.4, 0.5) is 0 Å². The van der Waals surface area contributed by atoms with Crippen LogP contribution in [0.1, 0.15) is 36.9 Å². The minimum atomic E-state index is 0.279. The van der Waals surface area contributed by atoms with Crippen molar-refractivity contribution in [3.63, 3.8) is 0 Å². The fourth-order valence-corrected chi connectivity index (χ4v) is 3.07. The van der Waals surface area contributed by atoms with Crippen LogP contribution < -0.4 is 10.1 Å². The van der Waals surface area contributed by atoms with Crippen molar-refractivity contribution in [3.8, 4) is 5.88 Å². The number of hydrogen-bond donors (Lipinski definition) is 2. The minimum absolute atomic E-state index is 0.279. The predicted octanol–water partition coefficient (Wildman–Crippen LogP) is 1.38. The highest BCUT2D eigenvalue weighted by Gasteiger charge is 2.25. The van der Waals surface area contributed by atoms with Crippen LogP contribution in [0.25, 0.3) is 0 Å². The number of aliphatic hydroxyl groups is 1. The monoisotopic (exact) mass is 267 g/mol. The van der Waals surface area contributed by atoms with Gasteiger partial charge in [-0.2, -0.15) is 5.10 Å². The summed E-state index contributed by atoms with van der Waals surface area (Å²) in [5.74, 6) is 1.21. The summed E-state index contributed by atoms with van der Waals surface area (Å²) in [6, 6.07) is 0.406. The van der Waals surface area contributed by atoms with Crippen LogP contribution in [0, 0.1) is 12.8 Å². The van der Waals surface area contributed by atoms with Gasteiger partial charge in [0.1, 0.15) is 0 Å². The number of aryl methyl sites for hydroxylation is 2. The van der Waals surface area contributed by atoms with Gasteiger partial charge >= 0.3 is 0 Å². The second-order valence-electron chi connectivity index (χ2n) is 5.41. The fraction of sp³-hybridized carbons (Fsp3) is 0.786. The summed E-state index contributed by atoms with van der Waals surface area (Å²) in [6.07, 6.45) is 4.75. The Balaban J connectivity index is 2.01. The topological polar surface area (TPSA) is 59.3 Å². The average Bonchev–Trinajstić information content (AvgIpc) is 2.70. The van der Waals surface area contributed by atoms with Crippen molar-refractivity contribution >= 4 is 0 Å². The van der Waals surface area contributed by atoms with Gasteiger partial charge in [-0.3, -0.25) is 0 Å². The molecular weight excluding hydrogens is 242 g/mol. The Morgan fingerprint density at radius 1 is 1.42 bits per heavy atom. The SMILES string of the molecule is COc1c(CNC2CCCCC2CO)c(C)nn1C. The molecule has 1 fully saturated rings. The summed E-state index contributed by atoms with van der Waals surface area (Å²) in [6.45, 7) is 3.04. The quantitative estimate of drug-likeness (QED) is 0.846. The lowest BCUT2D eigenvalue weighted by Crippen LogP contribution is -2.39. The molecule has 1 heterocycles. The molecule has 0 aromatic carbocycles. The molecule has 1 aromatic rings. The smallest absolute Gasteiger partial charge is 0.216 e. The number of rotatable bonds is 5. The lowest BCUT2D eigenvalue weighted by molar-refractivity contribution is 0.152. The van der Waals surface area contributed by atoms with Gasteiger partial charge in [-0.25, -0.2) is 4.68 Å². The molecule has 1 saturated carbocycles. The maximum absolute atomic E-state index is 9.44. The zero-order valence-electron chi connectivity index (χ0n) is 12.1. The van der Waals surface area contributed by atoms with Crippen LogP contribution in [0.2, 0.25) is 0 Å². The molecule has 5 heteroatoms. The highest BCUT2D eigenvalue weighted by Crippen LogP contribution is 2.26. The Labute approximate surface area is 115 Å². The largest absolute Gasteiger partial charge is 0.481 e. The van der Waals surface area contributed by atoms with E-state index in [0.29, 0.717) is 12.0 Å². The molecule has 0 saturated heterocycles. The van der Waals surface area contributed by atoms with E-state index >= 15 is 0 Å². The summed E-state index contributed by atoms with van der Waals surface area (Å²) in [7, 11) is 3.57. The lowest BCUT2D eigenvalue weighted by atomic mass is 9.85.